The molecule has 0 radical (unpaired) electrons. The Morgan fingerprint density at radius 2 is 2.04 bits per heavy atom. The third-order valence-electron chi connectivity index (χ3n) is 4.45. The van der Waals surface area contributed by atoms with E-state index in [-0.39, 0.29) is 6.61 Å². The lowest BCUT2D eigenvalue weighted by Gasteiger charge is -2.17. The van der Waals surface area contributed by atoms with Gasteiger partial charge in [-0.15, -0.1) is 0 Å². The Labute approximate surface area is 162 Å². The fraction of sp³-hybridized carbons (Fsp3) is 0.706. The maximum atomic E-state index is 10.3. The van der Waals surface area contributed by atoms with Crippen molar-refractivity contribution in [1.29, 1.82) is 0 Å². The Morgan fingerprint density at radius 3 is 2.70 bits per heavy atom. The molecule has 4 atom stereocenters. The summed E-state index contributed by atoms with van der Waals surface area (Å²) in [5.74, 6) is 1.54. The number of aliphatic hydroxyl groups excluding tert-OH is 3. The zero-order chi connectivity index (χ0) is 19.4. The van der Waals surface area contributed by atoms with E-state index in [1.165, 1.54) is 6.33 Å². The minimum absolute atomic E-state index is 0.377. The smallest absolute Gasteiger partial charge is 0.191 e. The Balaban J connectivity index is 1.98. The van der Waals surface area contributed by atoms with E-state index in [0.717, 1.165) is 31.6 Å². The molecule has 1 saturated heterocycles. The number of hydrogen-bond donors (Lipinski definition) is 4. The predicted molar refractivity (Wildman–Crippen MR) is 103 cm³/mol. The number of hydrogen-bond acceptors (Lipinski definition) is 9. The first-order valence-electron chi connectivity index (χ1n) is 9.34. The van der Waals surface area contributed by atoms with Crippen molar-refractivity contribution in [3.8, 4) is 0 Å². The van der Waals surface area contributed by atoms with Gasteiger partial charge in [-0.1, -0.05) is 32.0 Å². The number of aliphatic hydroxyl groups is 3. The second-order valence-electron chi connectivity index (χ2n) is 6.54. The molecule has 1 fully saturated rings. The molecule has 3 rings (SSSR count). The standard InChI is InChI=1S/C17H27N5O4S/c1-3-5-6-18-14-11-15(21-17(20-14)27-7-4-2)22(9-19-11)16-13(25)12(24)10(8-23)26-16/h9-10,12-13,16,23-25H,3-8H2,1-2H3,(H,18,20,21)/t10-,12?,13?,16-/m1/s1. The summed E-state index contributed by atoms with van der Waals surface area (Å²) in [6.45, 7) is 4.62. The van der Waals surface area contributed by atoms with Gasteiger partial charge < -0.3 is 25.4 Å². The van der Waals surface area contributed by atoms with Gasteiger partial charge in [0.2, 0.25) is 0 Å². The van der Waals surface area contributed by atoms with Crippen molar-refractivity contribution in [1.82, 2.24) is 19.5 Å². The van der Waals surface area contributed by atoms with Gasteiger partial charge in [0, 0.05) is 12.3 Å². The Kier molecular flexibility index (Phi) is 6.88. The lowest BCUT2D eigenvalue weighted by atomic mass is 10.1. The summed E-state index contributed by atoms with van der Waals surface area (Å²) < 4.78 is 7.23. The summed E-state index contributed by atoms with van der Waals surface area (Å²) >= 11 is 1.55. The molecule has 0 amide bonds. The fourth-order valence-electron chi connectivity index (χ4n) is 2.96. The molecule has 2 aromatic heterocycles. The summed E-state index contributed by atoms with van der Waals surface area (Å²) in [5, 5.41) is 33.7. The van der Waals surface area contributed by atoms with Crippen molar-refractivity contribution >= 4 is 28.7 Å². The van der Waals surface area contributed by atoms with Gasteiger partial charge in [0.25, 0.3) is 0 Å². The van der Waals surface area contributed by atoms with Gasteiger partial charge >= 0.3 is 0 Å². The summed E-state index contributed by atoms with van der Waals surface area (Å²) in [6, 6.07) is 0. The molecule has 4 N–H and O–H groups in total. The summed E-state index contributed by atoms with van der Waals surface area (Å²) in [5.41, 5.74) is 1.11. The number of thioether (sulfide) groups is 1. The van der Waals surface area contributed by atoms with Crippen LogP contribution in [0.2, 0.25) is 0 Å². The van der Waals surface area contributed by atoms with Crippen LogP contribution in [0.3, 0.4) is 0 Å². The number of nitrogens with zero attached hydrogens (tertiary/aromatic N) is 4. The van der Waals surface area contributed by atoms with Crippen molar-refractivity contribution in [3.05, 3.63) is 6.33 Å². The molecule has 1 aliphatic heterocycles. The van der Waals surface area contributed by atoms with Crippen LogP contribution in [0.15, 0.2) is 11.5 Å². The monoisotopic (exact) mass is 397 g/mol. The number of ether oxygens (including phenoxy) is 1. The largest absolute Gasteiger partial charge is 0.394 e. The van der Waals surface area contributed by atoms with Crippen molar-refractivity contribution in [2.24, 2.45) is 0 Å². The first-order valence-corrected chi connectivity index (χ1v) is 10.3. The van der Waals surface area contributed by atoms with E-state index in [9.17, 15) is 15.3 Å². The lowest BCUT2D eigenvalue weighted by Crippen LogP contribution is -2.33. The minimum atomic E-state index is -1.18. The van der Waals surface area contributed by atoms with Gasteiger partial charge in [-0.2, -0.15) is 0 Å². The van der Waals surface area contributed by atoms with Gasteiger partial charge in [0.05, 0.1) is 12.9 Å². The van der Waals surface area contributed by atoms with E-state index < -0.39 is 24.5 Å². The highest BCUT2D eigenvalue weighted by molar-refractivity contribution is 7.99. The molecule has 9 nitrogen and oxygen atoms in total. The highest BCUT2D eigenvalue weighted by atomic mass is 32.2. The van der Waals surface area contributed by atoms with E-state index >= 15 is 0 Å². The fourth-order valence-corrected chi connectivity index (χ4v) is 3.65. The first-order chi connectivity index (χ1) is 13.1. The number of aromatic nitrogens is 4. The molecule has 0 saturated carbocycles. The summed E-state index contributed by atoms with van der Waals surface area (Å²) in [7, 11) is 0. The maximum absolute atomic E-state index is 10.3. The van der Waals surface area contributed by atoms with Gasteiger partial charge in [-0.05, 0) is 12.8 Å². The van der Waals surface area contributed by atoms with Crippen LogP contribution < -0.4 is 5.32 Å². The SMILES string of the molecule is CCCCNc1nc(SCCC)nc2c1ncn2[C@@H]1O[C@H](CO)C(O)C1O. The van der Waals surface area contributed by atoms with Crippen molar-refractivity contribution in [2.45, 2.75) is 62.8 Å². The molecular formula is C17H27N5O4S. The molecule has 3 heterocycles. The van der Waals surface area contributed by atoms with Crippen LogP contribution in [0.1, 0.15) is 39.3 Å². The van der Waals surface area contributed by atoms with Crippen molar-refractivity contribution in [3.63, 3.8) is 0 Å². The molecule has 0 spiro atoms. The molecular weight excluding hydrogens is 370 g/mol. The van der Waals surface area contributed by atoms with Gasteiger partial charge in [-0.25, -0.2) is 15.0 Å². The molecule has 150 valence electrons. The van der Waals surface area contributed by atoms with Crippen LogP contribution in [0, 0.1) is 0 Å². The third-order valence-corrected chi connectivity index (χ3v) is 5.50. The third kappa shape index (κ3) is 4.19. The molecule has 2 aromatic rings. The quantitative estimate of drug-likeness (QED) is 0.280. The van der Waals surface area contributed by atoms with Crippen LogP contribution in [0.5, 0.6) is 0 Å². The molecule has 27 heavy (non-hydrogen) atoms. The van der Waals surface area contributed by atoms with E-state index in [1.807, 2.05) is 0 Å². The Hall–Kier alpha value is -1.46. The van der Waals surface area contributed by atoms with E-state index in [0.29, 0.717) is 22.1 Å². The normalized spacial score (nSPS) is 25.4. The second-order valence-corrected chi connectivity index (χ2v) is 7.60. The van der Waals surface area contributed by atoms with Crippen LogP contribution in [0.4, 0.5) is 5.82 Å². The number of anilines is 1. The highest BCUT2D eigenvalue weighted by Gasteiger charge is 2.44. The number of imidazole rings is 1. The average molecular weight is 398 g/mol. The molecule has 0 bridgehead atoms. The predicted octanol–water partition coefficient (Wildman–Crippen LogP) is 1.15. The number of rotatable bonds is 9. The average Bonchev–Trinajstić information content (AvgIpc) is 3.21. The molecule has 2 unspecified atom stereocenters. The topological polar surface area (TPSA) is 126 Å². The van der Waals surface area contributed by atoms with Gasteiger partial charge in [-0.3, -0.25) is 4.57 Å². The van der Waals surface area contributed by atoms with Crippen molar-refractivity contribution < 1.29 is 20.1 Å². The first kappa shape index (κ1) is 20.3. The van der Waals surface area contributed by atoms with E-state index in [1.54, 1.807) is 16.3 Å². The molecule has 0 aliphatic carbocycles. The van der Waals surface area contributed by atoms with E-state index in [4.69, 9.17) is 4.74 Å². The summed E-state index contributed by atoms with van der Waals surface area (Å²) in [6.07, 6.45) is 0.532. The Morgan fingerprint density at radius 1 is 1.22 bits per heavy atom. The Bertz CT molecular complexity index is 758. The molecule has 0 aromatic carbocycles. The van der Waals surface area contributed by atoms with Crippen molar-refractivity contribution in [2.75, 3.05) is 24.2 Å². The van der Waals surface area contributed by atoms with Crippen LogP contribution in [-0.2, 0) is 4.74 Å². The zero-order valence-electron chi connectivity index (χ0n) is 15.6. The van der Waals surface area contributed by atoms with Crippen LogP contribution in [0.25, 0.3) is 11.2 Å². The number of unbranched alkanes of at least 4 members (excludes halogenated alkanes) is 1. The number of fused-ring (bicyclic) bond motifs is 1. The summed E-state index contributed by atoms with van der Waals surface area (Å²) in [4.78, 5) is 13.6. The molecule has 10 heteroatoms. The zero-order valence-corrected chi connectivity index (χ0v) is 16.4. The van der Waals surface area contributed by atoms with E-state index in [2.05, 4.69) is 34.1 Å². The molecule has 1 aliphatic rings. The second kappa shape index (κ2) is 9.16. The number of nitrogens with one attached hydrogen (secondary N) is 1. The van der Waals surface area contributed by atoms with Crippen LogP contribution in [-0.4, -0.2) is 72.1 Å². The van der Waals surface area contributed by atoms with Crippen LogP contribution >= 0.6 is 11.8 Å². The minimum Gasteiger partial charge on any atom is -0.394 e. The highest BCUT2D eigenvalue weighted by Crippen LogP contribution is 2.33. The maximum Gasteiger partial charge on any atom is 0.191 e. The van der Waals surface area contributed by atoms with Gasteiger partial charge in [0.15, 0.2) is 28.4 Å². The lowest BCUT2D eigenvalue weighted by molar-refractivity contribution is -0.0511. The van der Waals surface area contributed by atoms with Gasteiger partial charge in [0.1, 0.15) is 18.3 Å².